The normalized spacial score (nSPS) is 15.3. The largest absolute Gasteiger partial charge is 0.314 e. The third kappa shape index (κ3) is 4.79. The van der Waals surface area contributed by atoms with Gasteiger partial charge in [-0.15, -0.1) is 11.3 Å². The highest BCUT2D eigenvalue weighted by Crippen LogP contribution is 2.19. The van der Waals surface area contributed by atoms with Crippen LogP contribution in [0, 0.1) is 10.1 Å². The second kappa shape index (κ2) is 8.92. The molecule has 1 amide bonds. The monoisotopic (exact) mass is 442 g/mol. The molecule has 3 aromatic rings. The molecule has 0 aliphatic carbocycles. The summed E-state index contributed by atoms with van der Waals surface area (Å²) in [6.45, 7) is 3.91. The van der Waals surface area contributed by atoms with Gasteiger partial charge in [0.2, 0.25) is 5.91 Å². The van der Waals surface area contributed by atoms with E-state index in [1.807, 2.05) is 5.38 Å². The van der Waals surface area contributed by atoms with Crippen LogP contribution in [0.3, 0.4) is 0 Å². The molecule has 1 fully saturated rings. The van der Waals surface area contributed by atoms with E-state index in [0.29, 0.717) is 17.2 Å². The number of benzene rings is 1. The van der Waals surface area contributed by atoms with E-state index in [1.165, 1.54) is 28.4 Å². The summed E-state index contributed by atoms with van der Waals surface area (Å²) in [7, 11) is 1.67. The number of likely N-dealkylation sites (N-methyl/N-ethyl adjacent to an activating group) is 1. The zero-order valence-electron chi connectivity index (χ0n) is 17.0. The topological polar surface area (TPSA) is 104 Å². The van der Waals surface area contributed by atoms with Crippen LogP contribution in [0.25, 0.3) is 4.96 Å². The van der Waals surface area contributed by atoms with Crippen LogP contribution >= 0.6 is 11.3 Å². The fraction of sp³-hybridized carbons (Fsp3) is 0.350. The Bertz CT molecular complexity index is 1150. The van der Waals surface area contributed by atoms with E-state index >= 15 is 0 Å². The number of nitrogens with zero attached hydrogens (tertiary/aromatic N) is 6. The molecule has 1 aliphatic rings. The maximum absolute atomic E-state index is 12.6. The minimum Gasteiger partial charge on any atom is -0.314 e. The number of carbonyl (C=O) groups excluding carboxylic acids is 1. The van der Waals surface area contributed by atoms with Gasteiger partial charge in [0.1, 0.15) is 0 Å². The van der Waals surface area contributed by atoms with Crippen molar-refractivity contribution in [2.75, 3.05) is 44.7 Å². The first-order valence-electron chi connectivity index (χ1n) is 9.82. The highest BCUT2D eigenvalue weighted by atomic mass is 32.1. The van der Waals surface area contributed by atoms with Crippen LogP contribution < -0.4 is 10.5 Å². The van der Waals surface area contributed by atoms with Crippen LogP contribution in [0.15, 0.2) is 46.7 Å². The van der Waals surface area contributed by atoms with Crippen molar-refractivity contribution >= 4 is 33.6 Å². The molecule has 162 valence electrons. The number of thiazole rings is 1. The van der Waals surface area contributed by atoms with Crippen LogP contribution in [-0.2, 0) is 11.3 Å². The summed E-state index contributed by atoms with van der Waals surface area (Å²) >= 11 is 1.44. The molecule has 0 spiro atoms. The van der Waals surface area contributed by atoms with Crippen molar-refractivity contribution in [1.82, 2.24) is 19.2 Å². The predicted octanol–water partition coefficient (Wildman–Crippen LogP) is 1.44. The number of nitro benzene ring substituents is 1. The lowest BCUT2D eigenvalue weighted by molar-refractivity contribution is -0.384. The number of hydrogen-bond donors (Lipinski definition) is 0. The summed E-state index contributed by atoms with van der Waals surface area (Å²) in [5.74, 6) is -0.0693. The molecular weight excluding hydrogens is 420 g/mol. The van der Waals surface area contributed by atoms with Gasteiger partial charge in [0.25, 0.3) is 11.2 Å². The SMILES string of the molecule is CN(C(=O)CN1CCN(Cc2cc(=O)n3ccsc3n2)CC1)c1ccc([N+](=O)[O-])cc1. The summed E-state index contributed by atoms with van der Waals surface area (Å²) in [4.78, 5) is 46.2. The van der Waals surface area contributed by atoms with E-state index in [4.69, 9.17) is 0 Å². The molecule has 0 unspecified atom stereocenters. The van der Waals surface area contributed by atoms with Gasteiger partial charge in [-0.05, 0) is 12.1 Å². The third-order valence-electron chi connectivity index (χ3n) is 5.39. The smallest absolute Gasteiger partial charge is 0.269 e. The molecule has 3 heterocycles. The quantitative estimate of drug-likeness (QED) is 0.420. The minimum atomic E-state index is -0.462. The molecule has 4 rings (SSSR count). The van der Waals surface area contributed by atoms with E-state index in [1.54, 1.807) is 35.8 Å². The van der Waals surface area contributed by atoms with Gasteiger partial charge < -0.3 is 4.90 Å². The van der Waals surface area contributed by atoms with E-state index in [2.05, 4.69) is 14.8 Å². The zero-order chi connectivity index (χ0) is 22.0. The lowest BCUT2D eigenvalue weighted by Gasteiger charge is -2.34. The summed E-state index contributed by atoms with van der Waals surface area (Å²) in [5.41, 5.74) is 1.31. The number of rotatable bonds is 6. The van der Waals surface area contributed by atoms with E-state index in [-0.39, 0.29) is 23.7 Å². The number of non-ortho nitro benzene ring substituents is 1. The Morgan fingerprint density at radius 3 is 2.55 bits per heavy atom. The van der Waals surface area contributed by atoms with E-state index in [0.717, 1.165) is 31.9 Å². The number of anilines is 1. The number of nitro groups is 1. The lowest BCUT2D eigenvalue weighted by atomic mass is 10.2. The van der Waals surface area contributed by atoms with Gasteiger partial charge in [-0.3, -0.25) is 33.9 Å². The highest BCUT2D eigenvalue weighted by Gasteiger charge is 2.22. The number of amides is 1. The van der Waals surface area contributed by atoms with Crippen molar-refractivity contribution in [1.29, 1.82) is 0 Å². The standard InChI is InChI=1S/C20H22N6O4S/c1-22(16-2-4-17(5-3-16)26(29)30)19(28)14-24-8-6-23(7-9-24)13-15-12-18(27)25-10-11-31-20(25)21-15/h2-5,10-12H,6-9,13-14H2,1H3. The molecule has 0 N–H and O–H groups in total. The van der Waals surface area contributed by atoms with E-state index < -0.39 is 4.92 Å². The highest BCUT2D eigenvalue weighted by molar-refractivity contribution is 7.15. The first-order chi connectivity index (χ1) is 14.9. The van der Waals surface area contributed by atoms with E-state index in [9.17, 15) is 19.7 Å². The van der Waals surface area contributed by atoms with Gasteiger partial charge in [0.05, 0.1) is 17.2 Å². The Hall–Kier alpha value is -3.15. The predicted molar refractivity (Wildman–Crippen MR) is 118 cm³/mol. The molecule has 2 aromatic heterocycles. The van der Waals surface area contributed by atoms with Crippen LogP contribution in [-0.4, -0.2) is 69.8 Å². The van der Waals surface area contributed by atoms with Gasteiger partial charge in [-0.1, -0.05) is 0 Å². The van der Waals surface area contributed by atoms with Crippen molar-refractivity contribution in [3.63, 3.8) is 0 Å². The van der Waals surface area contributed by atoms with Crippen molar-refractivity contribution in [3.8, 4) is 0 Å². The number of carbonyl (C=O) groups is 1. The Morgan fingerprint density at radius 1 is 1.19 bits per heavy atom. The molecule has 10 nitrogen and oxygen atoms in total. The maximum atomic E-state index is 12.6. The Labute approximate surface area is 182 Å². The lowest BCUT2D eigenvalue weighted by Crippen LogP contribution is -2.49. The molecule has 11 heteroatoms. The second-order valence-electron chi connectivity index (χ2n) is 7.42. The van der Waals surface area contributed by atoms with Crippen LogP contribution in [0.4, 0.5) is 11.4 Å². The number of piperazine rings is 1. The third-order valence-corrected chi connectivity index (χ3v) is 6.14. The summed E-state index contributed by atoms with van der Waals surface area (Å²) < 4.78 is 1.54. The molecule has 1 aromatic carbocycles. The molecule has 31 heavy (non-hydrogen) atoms. The van der Waals surface area contributed by atoms with Gasteiger partial charge in [0, 0.05) is 75.2 Å². The second-order valence-corrected chi connectivity index (χ2v) is 8.29. The van der Waals surface area contributed by atoms with Crippen LogP contribution in [0.5, 0.6) is 0 Å². The first kappa shape index (κ1) is 21.1. The average Bonchev–Trinajstić information content (AvgIpc) is 3.24. The number of hydrogen-bond acceptors (Lipinski definition) is 8. The van der Waals surface area contributed by atoms with Crippen LogP contribution in [0.2, 0.25) is 0 Å². The fourth-order valence-corrected chi connectivity index (χ4v) is 4.28. The van der Waals surface area contributed by atoms with Crippen molar-refractivity contribution in [2.24, 2.45) is 0 Å². The summed E-state index contributed by atoms with van der Waals surface area (Å²) in [6.07, 6.45) is 1.72. The fourth-order valence-electron chi connectivity index (χ4n) is 3.54. The van der Waals surface area contributed by atoms with Crippen molar-refractivity contribution in [3.05, 3.63) is 68.1 Å². The van der Waals surface area contributed by atoms with Gasteiger partial charge in [0.15, 0.2) is 4.96 Å². The van der Waals surface area contributed by atoms with Gasteiger partial charge >= 0.3 is 0 Å². The Morgan fingerprint density at radius 2 is 1.87 bits per heavy atom. The summed E-state index contributed by atoms with van der Waals surface area (Å²) in [5, 5.41) is 12.6. The minimum absolute atomic E-state index is 0.00358. The van der Waals surface area contributed by atoms with Crippen molar-refractivity contribution < 1.29 is 9.72 Å². The molecule has 0 radical (unpaired) electrons. The number of fused-ring (bicyclic) bond motifs is 1. The maximum Gasteiger partial charge on any atom is 0.269 e. The molecule has 0 bridgehead atoms. The molecular formula is C20H22N6O4S. The molecule has 0 saturated carbocycles. The molecule has 0 atom stereocenters. The van der Waals surface area contributed by atoms with Gasteiger partial charge in [-0.25, -0.2) is 4.98 Å². The van der Waals surface area contributed by atoms with Crippen molar-refractivity contribution in [2.45, 2.75) is 6.54 Å². The Kier molecular flexibility index (Phi) is 6.07. The van der Waals surface area contributed by atoms with Crippen LogP contribution in [0.1, 0.15) is 5.69 Å². The number of aromatic nitrogens is 2. The molecule has 1 saturated heterocycles. The summed E-state index contributed by atoms with van der Waals surface area (Å²) in [6, 6.07) is 7.52. The molecule has 1 aliphatic heterocycles. The zero-order valence-corrected chi connectivity index (χ0v) is 17.8. The first-order valence-corrected chi connectivity index (χ1v) is 10.7. The Balaban J connectivity index is 1.29. The van der Waals surface area contributed by atoms with Gasteiger partial charge in [-0.2, -0.15) is 0 Å². The average molecular weight is 443 g/mol.